The Bertz CT molecular complexity index is 606. The highest BCUT2D eigenvalue weighted by Gasteiger charge is 2.22. The number of hydrogen-bond acceptors (Lipinski definition) is 2. The van der Waals surface area contributed by atoms with Gasteiger partial charge >= 0.3 is 0 Å². The van der Waals surface area contributed by atoms with Crippen molar-refractivity contribution in [3.8, 4) is 5.75 Å². The van der Waals surface area contributed by atoms with Crippen LogP contribution in [-0.2, 0) is 0 Å². The first-order valence-corrected chi connectivity index (χ1v) is 7.81. The lowest BCUT2D eigenvalue weighted by molar-refractivity contribution is 0.163. The van der Waals surface area contributed by atoms with Gasteiger partial charge in [-0.1, -0.05) is 46.6 Å². The van der Waals surface area contributed by atoms with Crippen LogP contribution in [0.4, 0.5) is 4.39 Å². The molecule has 2 aromatic carbocycles. The predicted molar refractivity (Wildman–Crippen MR) is 87.2 cm³/mol. The molecule has 2 N–H and O–H groups in total. The zero-order valence-corrected chi connectivity index (χ0v) is 13.9. The van der Waals surface area contributed by atoms with E-state index in [-0.39, 0.29) is 11.8 Å². The number of rotatable bonds is 5. The smallest absolute Gasteiger partial charge is 0.165 e. The van der Waals surface area contributed by atoms with Crippen LogP contribution in [0.1, 0.15) is 25.0 Å². The van der Waals surface area contributed by atoms with E-state index < -0.39 is 11.9 Å². The van der Waals surface area contributed by atoms with Gasteiger partial charge in [-0.3, -0.25) is 0 Å². The Morgan fingerprint density at radius 1 is 1.24 bits per heavy atom. The van der Waals surface area contributed by atoms with E-state index in [1.165, 1.54) is 6.07 Å². The van der Waals surface area contributed by atoms with Crippen LogP contribution in [0.25, 0.3) is 0 Å². The van der Waals surface area contributed by atoms with Crippen LogP contribution in [0.15, 0.2) is 46.9 Å². The van der Waals surface area contributed by atoms with Gasteiger partial charge in [-0.2, -0.15) is 0 Å². The molecule has 112 valence electrons. The van der Waals surface area contributed by atoms with Crippen molar-refractivity contribution in [1.82, 2.24) is 0 Å². The Kier molecular flexibility index (Phi) is 5.62. The maximum absolute atomic E-state index is 13.9. The monoisotopic (exact) mass is 371 g/mol. The molecular formula is C16H16BrClFNO. The van der Waals surface area contributed by atoms with Crippen LogP contribution >= 0.6 is 27.5 Å². The van der Waals surface area contributed by atoms with Gasteiger partial charge in [-0.25, -0.2) is 4.39 Å². The molecule has 21 heavy (non-hydrogen) atoms. The topological polar surface area (TPSA) is 35.2 Å². The Labute approximate surface area is 137 Å². The fraction of sp³-hybridized carbons (Fsp3) is 0.250. The molecule has 0 radical (unpaired) electrons. The summed E-state index contributed by atoms with van der Waals surface area (Å²) in [6.07, 6.45) is 0.277. The van der Waals surface area contributed by atoms with Gasteiger partial charge in [0.2, 0.25) is 0 Å². The fourth-order valence-corrected chi connectivity index (χ4v) is 2.44. The quantitative estimate of drug-likeness (QED) is 0.792. The zero-order chi connectivity index (χ0) is 15.4. The highest BCUT2D eigenvalue weighted by molar-refractivity contribution is 9.10. The SMILES string of the molecule is CCC(N)C(Oc1cc(Br)ccc1F)c1ccc(Cl)cc1. The number of ether oxygens (including phenoxy) is 1. The average molecular weight is 373 g/mol. The number of nitrogens with two attached hydrogens (primary N) is 1. The Balaban J connectivity index is 2.32. The number of hydrogen-bond donors (Lipinski definition) is 1. The minimum atomic E-state index is -0.434. The van der Waals surface area contributed by atoms with Crippen LogP contribution in [0.3, 0.4) is 0 Å². The second-order valence-electron chi connectivity index (χ2n) is 4.74. The molecule has 0 heterocycles. The van der Waals surface area contributed by atoms with E-state index in [0.29, 0.717) is 11.4 Å². The van der Waals surface area contributed by atoms with E-state index >= 15 is 0 Å². The third kappa shape index (κ3) is 4.19. The van der Waals surface area contributed by atoms with Crippen LogP contribution in [-0.4, -0.2) is 6.04 Å². The standard InChI is InChI=1S/C16H16BrClFNO/c1-2-14(20)16(10-3-6-12(18)7-4-10)21-15-9-11(17)5-8-13(15)19/h3-9,14,16H,2,20H2,1H3. The molecule has 0 amide bonds. The summed E-state index contributed by atoms with van der Waals surface area (Å²) < 4.78 is 20.4. The lowest BCUT2D eigenvalue weighted by atomic mass is 10.0. The van der Waals surface area contributed by atoms with E-state index in [9.17, 15) is 4.39 Å². The first kappa shape index (κ1) is 16.3. The van der Waals surface area contributed by atoms with Crippen LogP contribution < -0.4 is 10.5 Å². The predicted octanol–water partition coefficient (Wildman–Crippen LogP) is 5.10. The normalized spacial score (nSPS) is 13.8. The summed E-state index contributed by atoms with van der Waals surface area (Å²) in [6, 6.07) is 11.6. The van der Waals surface area contributed by atoms with Crippen molar-refractivity contribution in [1.29, 1.82) is 0 Å². The Morgan fingerprint density at radius 3 is 2.52 bits per heavy atom. The molecule has 0 spiro atoms. The molecule has 0 bridgehead atoms. The Hall–Kier alpha value is -1.10. The molecule has 0 saturated carbocycles. The molecule has 2 nitrogen and oxygen atoms in total. The van der Waals surface area contributed by atoms with Crippen molar-refractivity contribution in [3.63, 3.8) is 0 Å². The minimum Gasteiger partial charge on any atom is -0.481 e. The van der Waals surface area contributed by atoms with E-state index in [2.05, 4.69) is 15.9 Å². The van der Waals surface area contributed by atoms with Gasteiger partial charge in [0.05, 0.1) is 0 Å². The van der Waals surface area contributed by atoms with E-state index in [4.69, 9.17) is 22.1 Å². The third-order valence-corrected chi connectivity index (χ3v) is 3.95. The van der Waals surface area contributed by atoms with Gasteiger partial charge < -0.3 is 10.5 Å². The van der Waals surface area contributed by atoms with Gasteiger partial charge in [0.25, 0.3) is 0 Å². The second kappa shape index (κ2) is 7.25. The summed E-state index contributed by atoms with van der Waals surface area (Å²) in [6.45, 7) is 1.97. The summed E-state index contributed by atoms with van der Waals surface area (Å²) in [5.41, 5.74) is 7.00. The lowest BCUT2D eigenvalue weighted by Gasteiger charge is -2.25. The zero-order valence-electron chi connectivity index (χ0n) is 11.5. The molecule has 0 aromatic heterocycles. The minimum absolute atomic E-state index is 0.174. The molecule has 0 saturated heterocycles. The van der Waals surface area contributed by atoms with E-state index in [1.54, 1.807) is 24.3 Å². The molecule has 2 aromatic rings. The van der Waals surface area contributed by atoms with Crippen molar-refractivity contribution < 1.29 is 9.13 Å². The van der Waals surface area contributed by atoms with Crippen molar-refractivity contribution in [3.05, 3.63) is 63.3 Å². The van der Waals surface area contributed by atoms with Gasteiger partial charge in [0, 0.05) is 15.5 Å². The number of halogens is 3. The first-order chi connectivity index (χ1) is 10.0. The highest BCUT2D eigenvalue weighted by atomic mass is 79.9. The molecule has 0 fully saturated rings. The molecule has 5 heteroatoms. The Morgan fingerprint density at radius 2 is 1.90 bits per heavy atom. The second-order valence-corrected chi connectivity index (χ2v) is 6.09. The van der Waals surface area contributed by atoms with Crippen molar-refractivity contribution in [2.75, 3.05) is 0 Å². The molecule has 2 unspecified atom stereocenters. The lowest BCUT2D eigenvalue weighted by Crippen LogP contribution is -2.31. The molecule has 0 aliphatic rings. The summed E-state index contributed by atoms with van der Waals surface area (Å²) in [5, 5.41) is 0.635. The molecule has 2 rings (SSSR count). The highest BCUT2D eigenvalue weighted by Crippen LogP contribution is 2.30. The summed E-state index contributed by atoms with van der Waals surface area (Å²) in [4.78, 5) is 0. The average Bonchev–Trinajstić information content (AvgIpc) is 2.48. The van der Waals surface area contributed by atoms with Crippen LogP contribution in [0.2, 0.25) is 5.02 Å². The van der Waals surface area contributed by atoms with E-state index in [0.717, 1.165) is 10.0 Å². The molecule has 0 aliphatic carbocycles. The van der Waals surface area contributed by atoms with Crippen molar-refractivity contribution in [2.45, 2.75) is 25.5 Å². The maximum Gasteiger partial charge on any atom is 0.165 e. The van der Waals surface area contributed by atoms with Crippen molar-refractivity contribution in [2.24, 2.45) is 5.73 Å². The summed E-state index contributed by atoms with van der Waals surface area (Å²) in [5.74, 6) is -0.242. The summed E-state index contributed by atoms with van der Waals surface area (Å²) in [7, 11) is 0. The summed E-state index contributed by atoms with van der Waals surface area (Å²) >= 11 is 9.21. The number of benzene rings is 2. The third-order valence-electron chi connectivity index (χ3n) is 3.21. The van der Waals surface area contributed by atoms with Crippen molar-refractivity contribution >= 4 is 27.5 Å². The van der Waals surface area contributed by atoms with Gasteiger partial charge in [0.1, 0.15) is 6.10 Å². The van der Waals surface area contributed by atoms with Gasteiger partial charge in [-0.05, 0) is 42.3 Å². The van der Waals surface area contributed by atoms with Gasteiger partial charge in [0.15, 0.2) is 11.6 Å². The van der Waals surface area contributed by atoms with Crippen LogP contribution in [0.5, 0.6) is 5.75 Å². The largest absolute Gasteiger partial charge is 0.481 e. The molecule has 2 atom stereocenters. The fourth-order valence-electron chi connectivity index (χ4n) is 1.97. The maximum atomic E-state index is 13.9. The van der Waals surface area contributed by atoms with Crippen LogP contribution in [0, 0.1) is 5.82 Å². The van der Waals surface area contributed by atoms with E-state index in [1.807, 2.05) is 19.1 Å². The van der Waals surface area contributed by atoms with Gasteiger partial charge in [-0.15, -0.1) is 0 Å². The molecular weight excluding hydrogens is 357 g/mol. The first-order valence-electron chi connectivity index (χ1n) is 6.64. The molecule has 0 aliphatic heterocycles.